The third kappa shape index (κ3) is 6.52. The van der Waals surface area contributed by atoms with Gasteiger partial charge in [-0.1, -0.05) is 11.6 Å². The van der Waals surface area contributed by atoms with Crippen LogP contribution < -0.4 is 31.5 Å². The minimum absolute atomic E-state index is 0.0897. The summed E-state index contributed by atoms with van der Waals surface area (Å²) in [6, 6.07) is 6.67. The van der Waals surface area contributed by atoms with E-state index in [-0.39, 0.29) is 29.6 Å². The van der Waals surface area contributed by atoms with Gasteiger partial charge in [-0.15, -0.1) is 0 Å². The van der Waals surface area contributed by atoms with Crippen LogP contribution in [0.4, 0.5) is 24.5 Å². The molecule has 0 atom stereocenters. The van der Waals surface area contributed by atoms with E-state index in [1.54, 1.807) is 31.2 Å². The number of nitrogens with one attached hydrogen (secondary N) is 3. The molecule has 1 aromatic heterocycles. The number of aromatic nitrogens is 2. The Hall–Kier alpha value is -3.74. The van der Waals surface area contributed by atoms with Crippen LogP contribution in [-0.2, 0) is 19.8 Å². The van der Waals surface area contributed by atoms with Crippen molar-refractivity contribution in [2.24, 2.45) is 12.8 Å². The predicted octanol–water partition coefficient (Wildman–Crippen LogP) is 4.81. The Bertz CT molecular complexity index is 1430. The van der Waals surface area contributed by atoms with Crippen molar-refractivity contribution in [3.8, 4) is 5.75 Å². The van der Waals surface area contributed by atoms with Crippen molar-refractivity contribution in [3.05, 3.63) is 75.7 Å². The summed E-state index contributed by atoms with van der Waals surface area (Å²) in [4.78, 5) is 13.3. The molecule has 5 N–H and O–H groups in total. The summed E-state index contributed by atoms with van der Waals surface area (Å²) in [5.74, 6) is -0.490. The fourth-order valence-electron chi connectivity index (χ4n) is 4.14. The van der Waals surface area contributed by atoms with Gasteiger partial charge in [-0.25, -0.2) is 5.43 Å². The topological polar surface area (TPSA) is 109 Å². The highest BCUT2D eigenvalue weighted by Gasteiger charge is 2.33. The number of rotatable bonds is 10. The maximum absolute atomic E-state index is 13.7. The summed E-state index contributed by atoms with van der Waals surface area (Å²) in [5.41, 5.74) is 11.1. The van der Waals surface area contributed by atoms with Gasteiger partial charge in [-0.05, 0) is 50.1 Å². The molecule has 40 heavy (non-hydrogen) atoms. The highest BCUT2D eigenvalue weighted by molar-refractivity contribution is 6.33. The van der Waals surface area contributed by atoms with E-state index in [0.717, 1.165) is 36.2 Å². The zero-order valence-corrected chi connectivity index (χ0v) is 23.2. The Labute approximate surface area is 235 Å². The van der Waals surface area contributed by atoms with Gasteiger partial charge in [0.05, 0.1) is 41.0 Å². The summed E-state index contributed by atoms with van der Waals surface area (Å²) < 4.78 is 48.3. The van der Waals surface area contributed by atoms with Crippen LogP contribution in [0.15, 0.2) is 42.7 Å². The lowest BCUT2D eigenvalue weighted by Gasteiger charge is -2.22. The van der Waals surface area contributed by atoms with E-state index in [9.17, 15) is 18.0 Å². The lowest BCUT2D eigenvalue weighted by Crippen LogP contribution is -2.31. The molecule has 0 aliphatic heterocycles. The molecule has 0 saturated heterocycles. The van der Waals surface area contributed by atoms with Gasteiger partial charge in [0, 0.05) is 55.3 Å². The van der Waals surface area contributed by atoms with Crippen molar-refractivity contribution in [1.29, 1.82) is 0 Å². The first kappa shape index (κ1) is 29.2. The number of alkyl halides is 3. The number of amides is 1. The second-order valence-corrected chi connectivity index (χ2v) is 9.84. The zero-order chi connectivity index (χ0) is 29.2. The molecule has 2 aromatic carbocycles. The van der Waals surface area contributed by atoms with Gasteiger partial charge in [0.25, 0.3) is 5.91 Å². The van der Waals surface area contributed by atoms with Crippen LogP contribution in [0, 0.1) is 6.92 Å². The van der Waals surface area contributed by atoms with E-state index < -0.39 is 17.6 Å². The molecular formula is C27H31ClF3N7O2. The van der Waals surface area contributed by atoms with Crippen molar-refractivity contribution in [2.45, 2.75) is 38.5 Å². The molecule has 3 aromatic rings. The first-order valence-corrected chi connectivity index (χ1v) is 12.9. The van der Waals surface area contributed by atoms with E-state index >= 15 is 0 Å². The number of aryl methyl sites for hydroxylation is 1. The van der Waals surface area contributed by atoms with Crippen LogP contribution in [0.5, 0.6) is 5.75 Å². The quantitative estimate of drug-likeness (QED) is 0.256. The summed E-state index contributed by atoms with van der Waals surface area (Å²) in [6.07, 6.45) is 0.561. The van der Waals surface area contributed by atoms with Crippen molar-refractivity contribution in [1.82, 2.24) is 20.5 Å². The van der Waals surface area contributed by atoms with Crippen LogP contribution >= 0.6 is 11.6 Å². The fourth-order valence-corrected chi connectivity index (χ4v) is 4.35. The fraction of sp³-hybridized carbons (Fsp3) is 0.333. The third-order valence-electron chi connectivity index (χ3n) is 6.63. The van der Waals surface area contributed by atoms with E-state index in [1.807, 2.05) is 6.92 Å². The molecule has 9 nitrogen and oxygen atoms in total. The maximum atomic E-state index is 13.7. The van der Waals surface area contributed by atoms with Crippen molar-refractivity contribution < 1.29 is 22.7 Å². The molecule has 1 aliphatic rings. The zero-order valence-electron chi connectivity index (χ0n) is 22.5. The SMILES string of the molecule is CNN(/C=C(\N)c1cnn(C)c1C)c1cc(C(=O)Nc2cc(C(F)(F)F)cc(CNC3CC3)c2OC)ccc1Cl. The number of anilines is 2. The van der Waals surface area contributed by atoms with Crippen LogP contribution in [0.3, 0.4) is 0 Å². The number of benzene rings is 2. The molecule has 1 saturated carbocycles. The molecule has 1 amide bonds. The summed E-state index contributed by atoms with van der Waals surface area (Å²) >= 11 is 6.45. The van der Waals surface area contributed by atoms with Gasteiger partial charge in [0.15, 0.2) is 0 Å². The van der Waals surface area contributed by atoms with Crippen LogP contribution in [0.2, 0.25) is 5.02 Å². The van der Waals surface area contributed by atoms with Crippen LogP contribution in [0.25, 0.3) is 5.70 Å². The number of carbonyl (C=O) groups is 1. The Kier molecular flexibility index (Phi) is 8.62. The molecule has 0 bridgehead atoms. The van der Waals surface area contributed by atoms with E-state index in [1.165, 1.54) is 30.3 Å². The lowest BCUT2D eigenvalue weighted by atomic mass is 10.1. The molecule has 1 fully saturated rings. The van der Waals surface area contributed by atoms with E-state index in [4.69, 9.17) is 22.1 Å². The molecule has 0 spiro atoms. The normalized spacial score (nSPS) is 13.8. The summed E-state index contributed by atoms with van der Waals surface area (Å²) in [7, 11) is 4.80. The van der Waals surface area contributed by atoms with Gasteiger partial charge < -0.3 is 21.1 Å². The molecule has 0 unspecified atom stereocenters. The molecule has 214 valence electrons. The average molecular weight is 578 g/mol. The maximum Gasteiger partial charge on any atom is 0.416 e. The second-order valence-electron chi connectivity index (χ2n) is 9.43. The van der Waals surface area contributed by atoms with Crippen LogP contribution in [-0.4, -0.2) is 35.9 Å². The smallest absolute Gasteiger partial charge is 0.416 e. The Morgan fingerprint density at radius 3 is 2.60 bits per heavy atom. The average Bonchev–Trinajstić information content (AvgIpc) is 3.68. The highest BCUT2D eigenvalue weighted by atomic mass is 35.5. The molecule has 0 radical (unpaired) electrons. The minimum Gasteiger partial charge on any atom is -0.494 e. The first-order chi connectivity index (χ1) is 18.9. The summed E-state index contributed by atoms with van der Waals surface area (Å²) in [6.45, 7) is 2.05. The molecule has 1 heterocycles. The molecule has 1 aliphatic carbocycles. The number of ether oxygens (including phenoxy) is 1. The van der Waals surface area contributed by atoms with E-state index in [0.29, 0.717) is 22.0 Å². The van der Waals surface area contributed by atoms with Gasteiger partial charge in [-0.3, -0.25) is 14.5 Å². The third-order valence-corrected chi connectivity index (χ3v) is 6.95. The van der Waals surface area contributed by atoms with Gasteiger partial charge in [0.1, 0.15) is 5.75 Å². The number of hydrogen-bond donors (Lipinski definition) is 4. The first-order valence-electron chi connectivity index (χ1n) is 12.5. The largest absolute Gasteiger partial charge is 0.494 e. The lowest BCUT2D eigenvalue weighted by molar-refractivity contribution is -0.137. The highest BCUT2D eigenvalue weighted by Crippen LogP contribution is 2.39. The predicted molar refractivity (Wildman–Crippen MR) is 149 cm³/mol. The van der Waals surface area contributed by atoms with Gasteiger partial charge >= 0.3 is 6.18 Å². The van der Waals surface area contributed by atoms with Gasteiger partial charge in [0.2, 0.25) is 0 Å². The molecule has 13 heteroatoms. The Morgan fingerprint density at radius 1 is 1.30 bits per heavy atom. The Morgan fingerprint density at radius 2 is 2.02 bits per heavy atom. The number of carbonyl (C=O) groups excluding carboxylic acids is 1. The van der Waals surface area contributed by atoms with Crippen LogP contribution in [0.1, 0.15) is 45.6 Å². The van der Waals surface area contributed by atoms with E-state index in [2.05, 4.69) is 21.2 Å². The summed E-state index contributed by atoms with van der Waals surface area (Å²) in [5, 5.41) is 11.8. The number of halogens is 4. The number of hydrogen-bond acceptors (Lipinski definition) is 7. The minimum atomic E-state index is -4.61. The second kappa shape index (κ2) is 11.8. The number of methoxy groups -OCH3 is 1. The number of nitrogens with zero attached hydrogens (tertiary/aromatic N) is 3. The van der Waals surface area contributed by atoms with Gasteiger partial charge in [-0.2, -0.15) is 18.3 Å². The van der Waals surface area contributed by atoms with Crippen molar-refractivity contribution in [2.75, 3.05) is 24.5 Å². The van der Waals surface area contributed by atoms with Crippen molar-refractivity contribution in [3.63, 3.8) is 0 Å². The molecule has 4 rings (SSSR count). The van der Waals surface area contributed by atoms with Crippen molar-refractivity contribution >= 4 is 34.6 Å². The monoisotopic (exact) mass is 577 g/mol. The molecular weight excluding hydrogens is 547 g/mol. The Balaban J connectivity index is 1.65. The number of hydrazine groups is 1. The standard InChI is InChI=1S/C27H31ClF3N7O2/c1-15-20(13-35-37(15)3)22(32)14-38(33-2)24-10-16(5-8-21(24)28)26(39)36-23-11-18(27(29,30)31)9-17(25(23)40-4)12-34-19-6-7-19/h5,8-11,13-14,19,33-34H,6-7,12,32H2,1-4H3,(H,36,39)/b22-14-. The number of nitrogens with two attached hydrogens (primary N) is 1.